The lowest BCUT2D eigenvalue weighted by molar-refractivity contribution is -0.143. The molecule has 0 aromatic heterocycles. The van der Waals surface area contributed by atoms with Crippen molar-refractivity contribution in [2.45, 2.75) is 101 Å². The number of ether oxygens (including phenoxy) is 1. The Balaban J connectivity index is 1.55. The van der Waals surface area contributed by atoms with Crippen molar-refractivity contribution in [1.29, 1.82) is 0 Å². The highest BCUT2D eigenvalue weighted by Crippen LogP contribution is 2.23. The van der Waals surface area contributed by atoms with Gasteiger partial charge in [0.25, 0.3) is 16.0 Å². The molecule has 5 amide bonds. The van der Waals surface area contributed by atoms with Crippen LogP contribution >= 0.6 is 0 Å². The number of terminal acetylenes is 1. The van der Waals surface area contributed by atoms with E-state index in [4.69, 9.17) is 15.3 Å². The van der Waals surface area contributed by atoms with E-state index in [0.29, 0.717) is 38.3 Å². The molecule has 1 saturated heterocycles. The summed E-state index contributed by atoms with van der Waals surface area (Å²) in [4.78, 5) is 83.5. The van der Waals surface area contributed by atoms with Crippen LogP contribution in [0.1, 0.15) is 75.4 Å². The minimum absolute atomic E-state index is 0.0451. The zero-order valence-corrected chi connectivity index (χ0v) is 40.6. The van der Waals surface area contributed by atoms with Gasteiger partial charge in [-0.25, -0.2) is 4.39 Å². The van der Waals surface area contributed by atoms with Crippen molar-refractivity contribution < 1.29 is 55.6 Å². The molecule has 19 heteroatoms. The maximum Gasteiger partial charge on any atom is 0.300 e. The highest BCUT2D eigenvalue weighted by molar-refractivity contribution is 7.86. The SMILES string of the molecule is C#CCNC(=O)c1ccc(F)c(S(=O)(=O)OCC(C)(O)C(=O)C(CC(C)C)NC(=O)C(Cc2ccccc2)NC(=O)C(CC(C)C)NC(=O)C(CCc2ccccc2)NC(=O)CN2CCOCC2)c1. The third kappa shape index (κ3) is 18.1. The highest BCUT2D eigenvalue weighted by Gasteiger charge is 2.41. The predicted octanol–water partition coefficient (Wildman–Crippen LogP) is 2.45. The first-order valence-electron chi connectivity index (χ1n) is 22.9. The van der Waals surface area contributed by atoms with Gasteiger partial charge in [0.15, 0.2) is 5.78 Å². The van der Waals surface area contributed by atoms with Crippen LogP contribution < -0.4 is 26.6 Å². The van der Waals surface area contributed by atoms with Crippen molar-refractivity contribution >= 4 is 45.4 Å². The molecule has 0 saturated carbocycles. The number of carbonyl (C=O) groups is 6. The molecule has 3 aromatic carbocycles. The lowest BCUT2D eigenvalue weighted by Gasteiger charge is -2.30. The van der Waals surface area contributed by atoms with E-state index in [1.54, 1.807) is 44.2 Å². The van der Waals surface area contributed by atoms with Crippen molar-refractivity contribution in [1.82, 2.24) is 31.5 Å². The summed E-state index contributed by atoms with van der Waals surface area (Å²) < 4.78 is 51.7. The smallest absolute Gasteiger partial charge is 0.300 e. The number of carbonyl (C=O) groups excluding carboxylic acids is 6. The fraction of sp³-hybridized carbons (Fsp3) is 0.480. The van der Waals surface area contributed by atoms with Gasteiger partial charge < -0.3 is 36.4 Å². The summed E-state index contributed by atoms with van der Waals surface area (Å²) in [5.41, 5.74) is -1.26. The lowest BCUT2D eigenvalue weighted by Crippen LogP contribution is -2.60. The Hall–Kier alpha value is -6.04. The number of hydrogen-bond donors (Lipinski definition) is 6. The second-order valence-corrected chi connectivity index (χ2v) is 19.6. The van der Waals surface area contributed by atoms with E-state index < -0.39 is 86.6 Å². The number of morpholine rings is 1. The molecular weight excluding hydrogens is 912 g/mol. The summed E-state index contributed by atoms with van der Waals surface area (Å²) in [6, 6.07) is 15.7. The first-order chi connectivity index (χ1) is 32.7. The van der Waals surface area contributed by atoms with Crippen molar-refractivity contribution in [3.8, 4) is 12.3 Å². The minimum Gasteiger partial charge on any atom is -0.380 e. The van der Waals surface area contributed by atoms with E-state index in [1.165, 1.54) is 0 Å². The quantitative estimate of drug-likeness (QED) is 0.0503. The van der Waals surface area contributed by atoms with Gasteiger partial charge in [0.2, 0.25) is 23.6 Å². The monoisotopic (exact) mass is 976 g/mol. The number of hydrogen-bond acceptors (Lipinski definition) is 12. The number of nitrogens with one attached hydrogen (secondary N) is 5. The molecule has 0 spiro atoms. The number of ketones is 1. The molecule has 0 radical (unpaired) electrons. The normalized spacial score (nSPS) is 15.7. The van der Waals surface area contributed by atoms with E-state index in [-0.39, 0.29) is 62.1 Å². The average molecular weight is 977 g/mol. The van der Waals surface area contributed by atoms with Gasteiger partial charge in [0.1, 0.15) is 41.0 Å². The van der Waals surface area contributed by atoms with Gasteiger partial charge in [-0.2, -0.15) is 8.42 Å². The van der Waals surface area contributed by atoms with Gasteiger partial charge in [-0.3, -0.25) is 37.9 Å². The Morgan fingerprint density at radius 2 is 1.35 bits per heavy atom. The number of halogens is 1. The average Bonchev–Trinajstić information content (AvgIpc) is 3.31. The Morgan fingerprint density at radius 1 is 0.797 bits per heavy atom. The topological polar surface area (TPSA) is 239 Å². The number of aliphatic hydroxyl groups is 1. The summed E-state index contributed by atoms with van der Waals surface area (Å²) in [6.45, 7) is 8.94. The molecule has 4 rings (SSSR count). The number of aryl methyl sites for hydroxylation is 1. The maximum absolute atomic E-state index is 14.8. The molecule has 1 heterocycles. The van der Waals surface area contributed by atoms with Crippen LogP contribution in [0.15, 0.2) is 83.8 Å². The summed E-state index contributed by atoms with van der Waals surface area (Å²) >= 11 is 0. The molecule has 0 aliphatic carbocycles. The van der Waals surface area contributed by atoms with Gasteiger partial charge in [0, 0.05) is 25.1 Å². The first kappa shape index (κ1) is 55.6. The number of nitrogens with zero attached hydrogens (tertiary/aromatic N) is 1. The molecular formula is C50H65FN6O11S. The highest BCUT2D eigenvalue weighted by atomic mass is 32.2. The standard InChI is InChI=1S/C50H65FN6O11S/c1-7-22-52-46(60)37-19-20-38(51)43(30-37)69(65,66)68-32-50(6,64)45(59)40(27-33(2)3)54-49(63)42(29-36-16-12-9-13-17-36)56-48(62)41(28-34(4)5)55-47(61)39(21-18-35-14-10-8-11-15-35)53-44(58)31-57-23-25-67-26-24-57/h1,8-17,19-20,30,33-34,39-42,64H,18,21-29,31-32H2,2-6H3,(H,52,60)(H,53,58)(H,54,63)(H,55,61)(H,56,62). The van der Waals surface area contributed by atoms with Crippen LogP contribution in [-0.2, 0) is 55.9 Å². The third-order valence-electron chi connectivity index (χ3n) is 11.1. The van der Waals surface area contributed by atoms with E-state index in [1.807, 2.05) is 49.1 Å². The number of Topliss-reactive ketones (excluding diaryl/α,β-unsaturated/α-hetero) is 1. The van der Waals surface area contributed by atoms with Crippen molar-refractivity contribution in [3.63, 3.8) is 0 Å². The van der Waals surface area contributed by atoms with Gasteiger partial charge >= 0.3 is 0 Å². The summed E-state index contributed by atoms with van der Waals surface area (Å²) in [6.07, 6.45) is 5.88. The summed E-state index contributed by atoms with van der Waals surface area (Å²) in [5, 5.41) is 24.9. The molecule has 17 nitrogen and oxygen atoms in total. The molecule has 3 aromatic rings. The van der Waals surface area contributed by atoms with Crippen LogP contribution in [0.4, 0.5) is 4.39 Å². The van der Waals surface area contributed by atoms with Crippen LogP contribution in [0.3, 0.4) is 0 Å². The van der Waals surface area contributed by atoms with Crippen LogP contribution in [0.5, 0.6) is 0 Å². The fourth-order valence-corrected chi connectivity index (χ4v) is 8.57. The minimum atomic E-state index is -5.03. The molecule has 1 aliphatic heterocycles. The maximum atomic E-state index is 14.8. The Kier molecular flexibility index (Phi) is 21.5. The Morgan fingerprint density at radius 3 is 1.96 bits per heavy atom. The second-order valence-electron chi connectivity index (χ2n) is 18.1. The van der Waals surface area contributed by atoms with E-state index in [2.05, 4.69) is 32.5 Å². The van der Waals surface area contributed by atoms with Crippen molar-refractivity contribution in [3.05, 3.63) is 101 Å². The summed E-state index contributed by atoms with van der Waals surface area (Å²) in [7, 11) is -5.03. The van der Waals surface area contributed by atoms with Crippen LogP contribution in [0, 0.1) is 30.0 Å². The molecule has 1 aliphatic rings. The van der Waals surface area contributed by atoms with E-state index >= 15 is 0 Å². The number of rotatable bonds is 26. The molecule has 6 N–H and O–H groups in total. The van der Waals surface area contributed by atoms with E-state index in [0.717, 1.165) is 30.7 Å². The molecule has 1 fully saturated rings. The van der Waals surface area contributed by atoms with Crippen molar-refractivity contribution in [2.75, 3.05) is 46.0 Å². The molecule has 5 atom stereocenters. The lowest BCUT2D eigenvalue weighted by atomic mass is 9.90. The van der Waals surface area contributed by atoms with Crippen LogP contribution in [-0.4, -0.2) is 130 Å². The van der Waals surface area contributed by atoms with Crippen LogP contribution in [0.2, 0.25) is 0 Å². The number of benzene rings is 3. The van der Waals surface area contributed by atoms with Crippen molar-refractivity contribution in [2.24, 2.45) is 11.8 Å². The Labute approximate surface area is 404 Å². The van der Waals surface area contributed by atoms with Gasteiger partial charge in [-0.1, -0.05) is 94.3 Å². The largest absolute Gasteiger partial charge is 0.380 e. The zero-order chi connectivity index (χ0) is 50.7. The summed E-state index contributed by atoms with van der Waals surface area (Å²) in [5.74, 6) is -3.81. The first-order valence-corrected chi connectivity index (χ1v) is 24.4. The van der Waals surface area contributed by atoms with Gasteiger partial charge in [-0.05, 0) is 73.8 Å². The molecule has 0 bridgehead atoms. The van der Waals surface area contributed by atoms with Gasteiger partial charge in [0.05, 0.1) is 32.3 Å². The second kappa shape index (κ2) is 26.6. The zero-order valence-electron chi connectivity index (χ0n) is 39.8. The number of amides is 5. The molecule has 374 valence electrons. The van der Waals surface area contributed by atoms with Crippen LogP contribution in [0.25, 0.3) is 0 Å². The third-order valence-corrected chi connectivity index (χ3v) is 12.4. The van der Waals surface area contributed by atoms with Gasteiger partial charge in [-0.15, -0.1) is 6.42 Å². The predicted molar refractivity (Wildman–Crippen MR) is 255 cm³/mol. The molecule has 69 heavy (non-hydrogen) atoms. The Bertz CT molecular complexity index is 2370. The molecule has 5 unspecified atom stereocenters. The van der Waals surface area contributed by atoms with E-state index in [9.17, 15) is 46.7 Å². The fourth-order valence-electron chi connectivity index (χ4n) is 7.48.